The molecule has 244 valence electrons. The Morgan fingerprint density at radius 1 is 0.978 bits per heavy atom. The lowest BCUT2D eigenvalue weighted by molar-refractivity contribution is -0.136. The van der Waals surface area contributed by atoms with Crippen LogP contribution in [0.3, 0.4) is 0 Å². The van der Waals surface area contributed by atoms with Gasteiger partial charge in [-0.05, 0) is 100 Å². The van der Waals surface area contributed by atoms with Crippen LogP contribution in [-0.4, -0.2) is 63.0 Å². The summed E-state index contributed by atoms with van der Waals surface area (Å²) in [5.74, 6) is 1.30. The fourth-order valence-corrected chi connectivity index (χ4v) is 8.70. The molecule has 8 nitrogen and oxygen atoms in total. The number of benzene rings is 2. The van der Waals surface area contributed by atoms with Crippen LogP contribution in [0.5, 0.6) is 0 Å². The van der Waals surface area contributed by atoms with E-state index in [1.54, 1.807) is 41.3 Å². The number of rotatable bonds is 8. The van der Waals surface area contributed by atoms with Gasteiger partial charge in [0.15, 0.2) is 0 Å². The second-order valence-corrected chi connectivity index (χ2v) is 14.0. The van der Waals surface area contributed by atoms with E-state index in [-0.39, 0.29) is 17.8 Å². The molecule has 0 radical (unpaired) electrons. The third-order valence-corrected chi connectivity index (χ3v) is 11.0. The second kappa shape index (κ2) is 13.4. The molecular weight excluding hydrogens is 603 g/mol. The number of carbonyl (C=O) groups is 2. The average Bonchev–Trinajstić information content (AvgIpc) is 3.76. The lowest BCUT2D eigenvalue weighted by atomic mass is 9.95. The highest BCUT2D eigenvalue weighted by atomic mass is 35.5. The minimum atomic E-state index is -0.328. The van der Waals surface area contributed by atoms with Crippen LogP contribution in [0.25, 0.3) is 0 Å². The van der Waals surface area contributed by atoms with Crippen LogP contribution in [0.4, 0.5) is 20.6 Å². The molecule has 10 heteroatoms. The second-order valence-electron chi connectivity index (χ2n) is 13.6. The van der Waals surface area contributed by atoms with Crippen LogP contribution < -0.4 is 10.2 Å². The normalized spacial score (nSPS) is 23.0. The maximum absolute atomic E-state index is 13.7. The predicted octanol–water partition coefficient (Wildman–Crippen LogP) is 7.36. The molecule has 1 aliphatic carbocycles. The van der Waals surface area contributed by atoms with Crippen molar-refractivity contribution in [3.05, 3.63) is 76.6 Å². The highest BCUT2D eigenvalue weighted by molar-refractivity contribution is 6.30. The Hall–Kier alpha value is -3.43. The highest BCUT2D eigenvalue weighted by Crippen LogP contribution is 2.42. The summed E-state index contributed by atoms with van der Waals surface area (Å²) >= 11 is 6.02. The number of urea groups is 1. The average molecular weight is 647 g/mol. The van der Waals surface area contributed by atoms with Crippen molar-refractivity contribution in [3.8, 4) is 0 Å². The summed E-state index contributed by atoms with van der Waals surface area (Å²) in [7, 11) is 0. The first-order chi connectivity index (χ1) is 22.3. The summed E-state index contributed by atoms with van der Waals surface area (Å²) in [6, 6.07) is 14.3. The molecule has 4 aliphatic rings. The van der Waals surface area contributed by atoms with Crippen molar-refractivity contribution in [2.24, 2.45) is 5.92 Å². The molecular formula is C36H44ClFN6O2. The van der Waals surface area contributed by atoms with Crippen LogP contribution >= 0.6 is 11.6 Å². The SMILES string of the molecule is Cc1nc2c(n1C1C[C@H]3CC[C@@H](C1)N3CCCN(C(=O)Nc1ccc(Cl)cc1)c1ccc(F)cc1)CCN(C(=O)C1CCCC1)C2. The summed E-state index contributed by atoms with van der Waals surface area (Å²) in [5, 5.41) is 3.57. The minimum absolute atomic E-state index is 0.213. The smallest absolute Gasteiger partial charge is 0.326 e. The Morgan fingerprint density at radius 3 is 2.37 bits per heavy atom. The zero-order chi connectivity index (χ0) is 31.8. The maximum Gasteiger partial charge on any atom is 0.326 e. The Morgan fingerprint density at radius 2 is 1.67 bits per heavy atom. The molecule has 0 spiro atoms. The van der Waals surface area contributed by atoms with Gasteiger partial charge in [0.2, 0.25) is 5.91 Å². The number of hydrogen-bond donors (Lipinski definition) is 1. The van der Waals surface area contributed by atoms with E-state index in [1.807, 2.05) is 0 Å². The topological polar surface area (TPSA) is 73.7 Å². The first-order valence-corrected chi connectivity index (χ1v) is 17.4. The molecule has 1 N–H and O–H groups in total. The Labute approximate surface area is 275 Å². The van der Waals surface area contributed by atoms with Crippen LogP contribution in [0.15, 0.2) is 48.5 Å². The summed E-state index contributed by atoms with van der Waals surface area (Å²) in [6.07, 6.45) is 10.7. The van der Waals surface area contributed by atoms with Crippen molar-refractivity contribution in [3.63, 3.8) is 0 Å². The fourth-order valence-electron chi connectivity index (χ4n) is 8.57. The van der Waals surface area contributed by atoms with E-state index in [0.717, 1.165) is 63.1 Å². The van der Waals surface area contributed by atoms with Gasteiger partial charge in [-0.2, -0.15) is 0 Å². The number of anilines is 2. The standard InChI is InChI=1S/C36H44ClFN6O2/c1-24-39-33-23-41(35(45)25-5-2-3-6-25)20-17-34(33)44(24)32-21-30-15-16-31(22-32)42(30)18-4-19-43(29-13-9-27(38)10-14-29)36(46)40-28-11-7-26(37)8-12-28/h7-14,25,30-32H,2-6,15-23H2,1H3,(H,40,46)/t30-,31+,32?. The molecule has 2 bridgehead atoms. The molecule has 1 aromatic heterocycles. The summed E-state index contributed by atoms with van der Waals surface area (Å²) < 4.78 is 16.2. The van der Waals surface area contributed by atoms with E-state index in [0.29, 0.717) is 53.5 Å². The quantitative estimate of drug-likeness (QED) is 0.278. The van der Waals surface area contributed by atoms with Crippen molar-refractivity contribution >= 4 is 34.9 Å². The highest BCUT2D eigenvalue weighted by Gasteiger charge is 2.42. The van der Waals surface area contributed by atoms with Crippen LogP contribution in [0.2, 0.25) is 5.02 Å². The minimum Gasteiger partial charge on any atom is -0.336 e. The number of nitrogens with zero attached hydrogens (tertiary/aromatic N) is 5. The van der Waals surface area contributed by atoms with Crippen LogP contribution in [0.1, 0.15) is 81.0 Å². The number of nitrogens with one attached hydrogen (secondary N) is 1. The molecule has 4 heterocycles. The van der Waals surface area contributed by atoms with E-state index >= 15 is 0 Å². The summed E-state index contributed by atoms with van der Waals surface area (Å²) in [6.45, 7) is 5.02. The largest absolute Gasteiger partial charge is 0.336 e. The number of amides is 3. The van der Waals surface area contributed by atoms with Crippen molar-refractivity contribution in [2.75, 3.05) is 29.9 Å². The van der Waals surface area contributed by atoms with Gasteiger partial charge in [-0.15, -0.1) is 0 Å². The van der Waals surface area contributed by atoms with E-state index in [4.69, 9.17) is 16.6 Å². The molecule has 2 aromatic carbocycles. The van der Waals surface area contributed by atoms with Gasteiger partial charge in [-0.3, -0.25) is 14.6 Å². The van der Waals surface area contributed by atoms with Crippen LogP contribution in [0, 0.1) is 18.7 Å². The Kier molecular flexibility index (Phi) is 9.06. The Bertz CT molecular complexity index is 1540. The van der Waals surface area contributed by atoms with E-state index in [2.05, 4.69) is 26.6 Å². The zero-order valence-electron chi connectivity index (χ0n) is 26.6. The lowest BCUT2D eigenvalue weighted by Gasteiger charge is -2.41. The number of halogens is 2. The van der Waals surface area contributed by atoms with Crippen molar-refractivity contribution < 1.29 is 14.0 Å². The number of hydrogen-bond acceptors (Lipinski definition) is 4. The van der Waals surface area contributed by atoms with Crippen molar-refractivity contribution in [1.29, 1.82) is 0 Å². The number of aryl methyl sites for hydroxylation is 1. The molecule has 2 saturated heterocycles. The molecule has 46 heavy (non-hydrogen) atoms. The number of fused-ring (bicyclic) bond motifs is 3. The van der Waals surface area contributed by atoms with E-state index in [9.17, 15) is 14.0 Å². The fraction of sp³-hybridized carbons (Fsp3) is 0.528. The van der Waals surface area contributed by atoms with Gasteiger partial charge in [-0.25, -0.2) is 14.2 Å². The van der Waals surface area contributed by atoms with E-state index < -0.39 is 0 Å². The van der Waals surface area contributed by atoms with Crippen molar-refractivity contribution in [1.82, 2.24) is 19.4 Å². The third-order valence-electron chi connectivity index (χ3n) is 10.7. The molecule has 3 atom stereocenters. The number of imidazole rings is 1. The zero-order valence-corrected chi connectivity index (χ0v) is 27.4. The van der Waals surface area contributed by atoms with E-state index in [1.165, 1.54) is 43.5 Å². The molecule has 1 saturated carbocycles. The monoisotopic (exact) mass is 646 g/mol. The molecule has 3 fully saturated rings. The van der Waals surface area contributed by atoms with Gasteiger partial charge in [0, 0.05) is 72.2 Å². The number of carbonyl (C=O) groups excluding carboxylic acids is 2. The molecule has 3 aliphatic heterocycles. The third kappa shape index (κ3) is 6.41. The predicted molar refractivity (Wildman–Crippen MR) is 179 cm³/mol. The lowest BCUT2D eigenvalue weighted by Crippen LogP contribution is -2.45. The first kappa shape index (κ1) is 31.2. The van der Waals surface area contributed by atoms with Gasteiger partial charge in [0.1, 0.15) is 11.6 Å². The molecule has 7 rings (SSSR count). The summed E-state index contributed by atoms with van der Waals surface area (Å²) in [5.41, 5.74) is 3.76. The van der Waals surface area contributed by atoms with Gasteiger partial charge in [-0.1, -0.05) is 24.4 Å². The molecule has 3 amide bonds. The van der Waals surface area contributed by atoms with Crippen molar-refractivity contribution in [2.45, 2.75) is 95.8 Å². The first-order valence-electron chi connectivity index (χ1n) is 17.0. The number of aromatic nitrogens is 2. The Balaban J connectivity index is 0.985. The van der Waals surface area contributed by atoms with Crippen LogP contribution in [-0.2, 0) is 17.8 Å². The van der Waals surface area contributed by atoms with Gasteiger partial charge in [0.05, 0.1) is 12.2 Å². The van der Waals surface area contributed by atoms with Gasteiger partial charge in [0.25, 0.3) is 0 Å². The van der Waals surface area contributed by atoms with Gasteiger partial charge >= 0.3 is 6.03 Å². The molecule has 1 unspecified atom stereocenters. The molecule has 3 aromatic rings. The number of piperidine rings is 1. The van der Waals surface area contributed by atoms with Gasteiger partial charge < -0.3 is 14.8 Å². The maximum atomic E-state index is 13.7. The summed E-state index contributed by atoms with van der Waals surface area (Å²) in [4.78, 5) is 38.0.